The lowest BCUT2D eigenvalue weighted by Crippen LogP contribution is -2.34. The van der Waals surface area contributed by atoms with Crippen LogP contribution in [-0.4, -0.2) is 29.7 Å². The molecule has 1 heterocycles. The second-order valence-electron chi connectivity index (χ2n) is 2.31. The predicted molar refractivity (Wildman–Crippen MR) is 38.8 cm³/mol. The van der Waals surface area contributed by atoms with Gasteiger partial charge in [-0.25, -0.2) is 9.40 Å². The summed E-state index contributed by atoms with van der Waals surface area (Å²) in [5, 5.41) is 3.87. The van der Waals surface area contributed by atoms with Crippen LogP contribution < -0.4 is 0 Å². The minimum absolute atomic E-state index is 0.0382. The van der Waals surface area contributed by atoms with Gasteiger partial charge in [-0.15, -0.1) is 0 Å². The number of hydrazine groups is 1. The van der Waals surface area contributed by atoms with Crippen molar-refractivity contribution < 1.29 is 4.39 Å². The van der Waals surface area contributed by atoms with E-state index in [2.05, 4.69) is 0 Å². The van der Waals surface area contributed by atoms with Crippen LogP contribution in [0.4, 0.5) is 4.39 Å². The van der Waals surface area contributed by atoms with Crippen molar-refractivity contribution in [3.8, 4) is 0 Å². The minimum Gasteiger partial charge on any atom is -0.310 e. The average Bonchev–Trinajstić information content (AvgIpc) is 2.30. The van der Waals surface area contributed by atoms with Crippen molar-refractivity contribution >= 4 is 0 Å². The number of hydrogen-bond acceptors (Lipinski definition) is 2. The lowest BCUT2D eigenvalue weighted by molar-refractivity contribution is 0.0621. The van der Waals surface area contributed by atoms with Crippen LogP contribution in [0.5, 0.6) is 0 Å². The summed E-state index contributed by atoms with van der Waals surface area (Å²) < 4.78 is 12.6. The van der Waals surface area contributed by atoms with E-state index in [0.717, 1.165) is 13.1 Å². The number of likely N-dealkylation sites (N-methyl/N-ethyl adjacent to an activating group) is 1. The number of rotatable bonds is 2. The molecule has 0 amide bonds. The highest BCUT2D eigenvalue weighted by atomic mass is 19.1. The van der Waals surface area contributed by atoms with Crippen molar-refractivity contribution in [3.63, 3.8) is 0 Å². The molecule has 0 atom stereocenters. The van der Waals surface area contributed by atoms with E-state index in [1.165, 1.54) is 0 Å². The van der Waals surface area contributed by atoms with E-state index < -0.39 is 0 Å². The standard InChI is InChI=1S/C7H13FN2/c1-3-9-5-7(8)6-10(9)4-2/h5H,3-4,6H2,1-2H3. The molecular weight excluding hydrogens is 131 g/mol. The number of hydrogen-bond donors (Lipinski definition) is 0. The van der Waals surface area contributed by atoms with Crippen LogP contribution >= 0.6 is 0 Å². The predicted octanol–water partition coefficient (Wildman–Crippen LogP) is 1.37. The zero-order chi connectivity index (χ0) is 7.56. The van der Waals surface area contributed by atoms with Gasteiger partial charge in [-0.1, -0.05) is 6.92 Å². The maximum absolute atomic E-state index is 12.6. The summed E-state index contributed by atoms with van der Waals surface area (Å²) >= 11 is 0. The summed E-state index contributed by atoms with van der Waals surface area (Å²) in [5.74, 6) is -0.0382. The highest BCUT2D eigenvalue weighted by molar-refractivity contribution is 4.99. The van der Waals surface area contributed by atoms with E-state index in [1.807, 2.05) is 23.9 Å². The number of nitrogens with zero attached hydrogens (tertiary/aromatic N) is 2. The highest BCUT2D eigenvalue weighted by Gasteiger charge is 2.17. The smallest absolute Gasteiger partial charge is 0.133 e. The lowest BCUT2D eigenvalue weighted by atomic mass is 10.6. The quantitative estimate of drug-likeness (QED) is 0.577. The Kier molecular flexibility index (Phi) is 2.27. The summed E-state index contributed by atoms with van der Waals surface area (Å²) in [4.78, 5) is 0. The Bertz CT molecular complexity index is 145. The van der Waals surface area contributed by atoms with E-state index in [4.69, 9.17) is 0 Å². The molecule has 0 saturated carbocycles. The fourth-order valence-electron chi connectivity index (χ4n) is 1.13. The summed E-state index contributed by atoms with van der Waals surface area (Å²) in [6.45, 7) is 6.20. The molecule has 0 aromatic heterocycles. The summed E-state index contributed by atoms with van der Waals surface area (Å²) in [6, 6.07) is 0. The lowest BCUT2D eigenvalue weighted by Gasteiger charge is -2.25. The van der Waals surface area contributed by atoms with Gasteiger partial charge in [0.15, 0.2) is 0 Å². The SMILES string of the molecule is CCN1C=C(F)CN1CC. The van der Waals surface area contributed by atoms with Crippen LogP contribution in [0.2, 0.25) is 0 Å². The van der Waals surface area contributed by atoms with Crippen LogP contribution in [0.25, 0.3) is 0 Å². The Morgan fingerprint density at radius 2 is 2.20 bits per heavy atom. The monoisotopic (exact) mass is 144 g/mol. The molecule has 1 aliphatic heterocycles. The molecule has 58 valence electrons. The molecule has 10 heavy (non-hydrogen) atoms. The van der Waals surface area contributed by atoms with Crippen molar-refractivity contribution in [1.82, 2.24) is 10.0 Å². The van der Waals surface area contributed by atoms with Gasteiger partial charge in [0.05, 0.1) is 6.54 Å². The topological polar surface area (TPSA) is 6.48 Å². The first kappa shape index (κ1) is 7.54. The van der Waals surface area contributed by atoms with Crippen LogP contribution in [0.1, 0.15) is 13.8 Å². The van der Waals surface area contributed by atoms with Crippen LogP contribution in [-0.2, 0) is 0 Å². The molecule has 0 aliphatic carbocycles. The van der Waals surface area contributed by atoms with Gasteiger partial charge in [0, 0.05) is 19.3 Å². The molecule has 0 unspecified atom stereocenters. The maximum atomic E-state index is 12.6. The summed E-state index contributed by atoms with van der Waals surface area (Å²) in [5.41, 5.74) is 0. The van der Waals surface area contributed by atoms with Crippen molar-refractivity contribution in [2.24, 2.45) is 0 Å². The molecule has 1 aliphatic rings. The van der Waals surface area contributed by atoms with Gasteiger partial charge in [-0.05, 0) is 6.92 Å². The van der Waals surface area contributed by atoms with Crippen molar-refractivity contribution in [2.75, 3.05) is 19.6 Å². The van der Waals surface area contributed by atoms with Crippen LogP contribution in [0.3, 0.4) is 0 Å². The molecule has 0 radical (unpaired) electrons. The van der Waals surface area contributed by atoms with E-state index >= 15 is 0 Å². The van der Waals surface area contributed by atoms with Gasteiger partial charge in [0.2, 0.25) is 0 Å². The first-order valence-electron chi connectivity index (χ1n) is 3.65. The van der Waals surface area contributed by atoms with Crippen molar-refractivity contribution in [3.05, 3.63) is 12.0 Å². The van der Waals surface area contributed by atoms with Crippen molar-refractivity contribution in [1.29, 1.82) is 0 Å². The van der Waals surface area contributed by atoms with Crippen LogP contribution in [0, 0.1) is 0 Å². The third kappa shape index (κ3) is 1.29. The molecular formula is C7H13FN2. The van der Waals surface area contributed by atoms with E-state index in [-0.39, 0.29) is 5.83 Å². The van der Waals surface area contributed by atoms with Gasteiger partial charge in [-0.2, -0.15) is 0 Å². The summed E-state index contributed by atoms with van der Waals surface area (Å²) in [7, 11) is 0. The average molecular weight is 144 g/mol. The van der Waals surface area contributed by atoms with Crippen LogP contribution in [0.15, 0.2) is 12.0 Å². The van der Waals surface area contributed by atoms with Gasteiger partial charge in [-0.3, -0.25) is 0 Å². The number of halogens is 1. The first-order chi connectivity index (χ1) is 4.77. The Morgan fingerprint density at radius 3 is 2.60 bits per heavy atom. The largest absolute Gasteiger partial charge is 0.310 e. The molecule has 0 bridgehead atoms. The van der Waals surface area contributed by atoms with E-state index in [0.29, 0.717) is 6.54 Å². The Hall–Kier alpha value is -0.570. The van der Waals surface area contributed by atoms with E-state index in [9.17, 15) is 4.39 Å². The Balaban J connectivity index is 2.52. The maximum Gasteiger partial charge on any atom is 0.133 e. The second kappa shape index (κ2) is 3.01. The molecule has 1 rings (SSSR count). The fraction of sp³-hybridized carbons (Fsp3) is 0.714. The fourth-order valence-corrected chi connectivity index (χ4v) is 1.13. The molecule has 0 spiro atoms. The Labute approximate surface area is 60.9 Å². The molecule has 0 fully saturated rings. The normalized spacial score (nSPS) is 19.9. The molecule has 0 aromatic rings. The second-order valence-corrected chi connectivity index (χ2v) is 2.31. The first-order valence-corrected chi connectivity index (χ1v) is 3.65. The zero-order valence-electron chi connectivity index (χ0n) is 6.47. The molecule has 0 N–H and O–H groups in total. The summed E-state index contributed by atoms with van der Waals surface area (Å²) in [6.07, 6.45) is 1.56. The molecule has 3 heteroatoms. The van der Waals surface area contributed by atoms with Gasteiger partial charge in [0.1, 0.15) is 5.83 Å². The molecule has 2 nitrogen and oxygen atoms in total. The highest BCUT2D eigenvalue weighted by Crippen LogP contribution is 2.14. The third-order valence-corrected chi connectivity index (χ3v) is 1.67. The molecule has 0 aromatic carbocycles. The molecule has 0 saturated heterocycles. The van der Waals surface area contributed by atoms with E-state index in [1.54, 1.807) is 6.20 Å². The third-order valence-electron chi connectivity index (χ3n) is 1.67. The zero-order valence-corrected chi connectivity index (χ0v) is 6.47. The Morgan fingerprint density at radius 1 is 1.50 bits per heavy atom. The van der Waals surface area contributed by atoms with Gasteiger partial charge >= 0.3 is 0 Å². The van der Waals surface area contributed by atoms with Gasteiger partial charge in [0.25, 0.3) is 0 Å². The minimum atomic E-state index is -0.0382. The van der Waals surface area contributed by atoms with Crippen molar-refractivity contribution in [2.45, 2.75) is 13.8 Å². The van der Waals surface area contributed by atoms with Gasteiger partial charge < -0.3 is 5.01 Å².